The van der Waals surface area contributed by atoms with E-state index in [1.165, 1.54) is 0 Å². The molecule has 0 aromatic rings. The van der Waals surface area contributed by atoms with Crippen LogP contribution in [0.25, 0.3) is 0 Å². The van der Waals surface area contributed by atoms with Gasteiger partial charge in [0.05, 0.1) is 0 Å². The molecule has 0 aliphatic rings. The fraction of sp³-hybridized carbons (Fsp3) is 0.727. The molecule has 68 valence electrons. The minimum absolute atomic E-state index is 0.0532. The average Bonchev–Trinajstić information content (AvgIpc) is 2.05. The molecule has 0 amide bonds. The number of nitrogens with zero attached hydrogens (tertiary/aromatic N) is 1. The molecule has 0 aromatic carbocycles. The van der Waals surface area contributed by atoms with Crippen LogP contribution in [0.2, 0.25) is 0 Å². The van der Waals surface area contributed by atoms with Crippen molar-refractivity contribution in [3.05, 3.63) is 0 Å². The second-order valence-electron chi connectivity index (χ2n) is 3.77. The third-order valence-corrected chi connectivity index (χ3v) is 3.05. The molecule has 0 fully saturated rings. The van der Waals surface area contributed by atoms with Gasteiger partial charge in [0.25, 0.3) is 0 Å². The molecular weight excluding hydrogens is 146 g/mol. The zero-order chi connectivity index (χ0) is 9.78. The van der Waals surface area contributed by atoms with Crippen LogP contribution in [-0.4, -0.2) is 12.8 Å². The highest BCUT2D eigenvalue weighted by atomic mass is 14.8. The first kappa shape index (κ1) is 11.2. The number of rotatable bonds is 4. The van der Waals surface area contributed by atoms with E-state index in [0.717, 1.165) is 6.42 Å². The third-order valence-electron chi connectivity index (χ3n) is 3.05. The van der Waals surface area contributed by atoms with Gasteiger partial charge in [-0.1, -0.05) is 33.6 Å². The molecule has 2 atom stereocenters. The highest BCUT2D eigenvalue weighted by molar-refractivity contribution is 5.28. The van der Waals surface area contributed by atoms with Crippen LogP contribution in [0.3, 0.4) is 0 Å². The largest absolute Gasteiger partial charge is 0.284 e. The van der Waals surface area contributed by atoms with Gasteiger partial charge in [-0.05, 0) is 19.1 Å². The Hall–Kier alpha value is -0.770. The Morgan fingerprint density at radius 2 is 2.08 bits per heavy atom. The average molecular weight is 165 g/mol. The van der Waals surface area contributed by atoms with Crippen LogP contribution in [0.4, 0.5) is 0 Å². The van der Waals surface area contributed by atoms with Crippen LogP contribution in [-0.2, 0) is 0 Å². The Labute approximate surface area is 76.3 Å². The second-order valence-corrected chi connectivity index (χ2v) is 3.77. The smallest absolute Gasteiger partial charge is 0.115 e. The summed E-state index contributed by atoms with van der Waals surface area (Å²) in [5.41, 5.74) is 0.0938. The number of terminal acetylenes is 1. The van der Waals surface area contributed by atoms with Crippen LogP contribution in [0.1, 0.15) is 34.1 Å². The monoisotopic (exact) mass is 165 g/mol. The Morgan fingerprint density at radius 1 is 1.58 bits per heavy atom. The first-order valence-electron chi connectivity index (χ1n) is 4.44. The lowest BCUT2D eigenvalue weighted by molar-refractivity contribution is 0.190. The van der Waals surface area contributed by atoms with Crippen molar-refractivity contribution in [1.82, 2.24) is 0 Å². The predicted molar refractivity (Wildman–Crippen MR) is 55.4 cm³/mol. The van der Waals surface area contributed by atoms with Gasteiger partial charge >= 0.3 is 0 Å². The van der Waals surface area contributed by atoms with Crippen molar-refractivity contribution in [2.24, 2.45) is 16.3 Å². The summed E-state index contributed by atoms with van der Waals surface area (Å²) in [7, 11) is 0. The molecule has 0 heterocycles. The zero-order valence-corrected chi connectivity index (χ0v) is 8.59. The number of hydrogen-bond donors (Lipinski definition) is 0. The van der Waals surface area contributed by atoms with Crippen molar-refractivity contribution in [3.8, 4) is 12.3 Å². The van der Waals surface area contributed by atoms with Crippen molar-refractivity contribution >= 4 is 6.72 Å². The Morgan fingerprint density at radius 3 is 2.17 bits per heavy atom. The van der Waals surface area contributed by atoms with Crippen molar-refractivity contribution in [2.75, 3.05) is 0 Å². The predicted octanol–water partition coefficient (Wildman–Crippen LogP) is 2.76. The van der Waals surface area contributed by atoms with Crippen LogP contribution in [0.5, 0.6) is 0 Å². The maximum atomic E-state index is 5.40. The van der Waals surface area contributed by atoms with E-state index >= 15 is 0 Å². The Bertz CT molecular complexity index is 188. The summed E-state index contributed by atoms with van der Waals surface area (Å²) in [5.74, 6) is 3.23. The molecule has 1 nitrogen and oxygen atoms in total. The van der Waals surface area contributed by atoms with Gasteiger partial charge in [-0.15, -0.1) is 6.42 Å². The van der Waals surface area contributed by atoms with E-state index < -0.39 is 0 Å². The zero-order valence-electron chi connectivity index (χ0n) is 8.59. The van der Waals surface area contributed by atoms with Gasteiger partial charge in [0.1, 0.15) is 6.04 Å². The fourth-order valence-corrected chi connectivity index (χ4v) is 1.37. The van der Waals surface area contributed by atoms with Gasteiger partial charge in [-0.2, -0.15) is 0 Å². The molecular formula is C11H19N. The first-order valence-corrected chi connectivity index (χ1v) is 4.44. The van der Waals surface area contributed by atoms with E-state index in [2.05, 4.69) is 45.3 Å². The lowest BCUT2D eigenvalue weighted by Gasteiger charge is -2.35. The maximum Gasteiger partial charge on any atom is 0.115 e. The summed E-state index contributed by atoms with van der Waals surface area (Å²) in [4.78, 5) is 3.98. The first-order chi connectivity index (χ1) is 5.52. The van der Waals surface area contributed by atoms with E-state index in [-0.39, 0.29) is 11.5 Å². The summed E-state index contributed by atoms with van der Waals surface area (Å²) < 4.78 is 0. The molecule has 0 bridgehead atoms. The van der Waals surface area contributed by atoms with E-state index in [9.17, 15) is 0 Å². The topological polar surface area (TPSA) is 12.4 Å². The minimum Gasteiger partial charge on any atom is -0.284 e. The highest BCUT2D eigenvalue weighted by Crippen LogP contribution is 2.35. The molecule has 0 radical (unpaired) electrons. The third kappa shape index (κ3) is 1.88. The normalized spacial score (nSPS) is 18.0. The lowest BCUT2D eigenvalue weighted by Crippen LogP contribution is -2.34. The summed E-state index contributed by atoms with van der Waals surface area (Å²) >= 11 is 0. The van der Waals surface area contributed by atoms with Gasteiger partial charge in [-0.3, -0.25) is 4.99 Å². The molecule has 0 rings (SSSR count). The molecule has 0 saturated carbocycles. The molecule has 0 spiro atoms. The quantitative estimate of drug-likeness (QED) is 0.448. The molecule has 0 N–H and O–H groups in total. The van der Waals surface area contributed by atoms with Gasteiger partial charge in [0, 0.05) is 5.41 Å². The van der Waals surface area contributed by atoms with Crippen molar-refractivity contribution in [3.63, 3.8) is 0 Å². The van der Waals surface area contributed by atoms with Gasteiger partial charge in [-0.25, -0.2) is 0 Å². The summed E-state index contributed by atoms with van der Waals surface area (Å²) in [5, 5.41) is 0. The van der Waals surface area contributed by atoms with E-state index in [0.29, 0.717) is 5.92 Å². The van der Waals surface area contributed by atoms with Gasteiger partial charge in [0.2, 0.25) is 0 Å². The van der Waals surface area contributed by atoms with Gasteiger partial charge in [0.15, 0.2) is 0 Å². The van der Waals surface area contributed by atoms with Gasteiger partial charge < -0.3 is 0 Å². The van der Waals surface area contributed by atoms with Crippen LogP contribution >= 0.6 is 0 Å². The summed E-state index contributed by atoms with van der Waals surface area (Å²) in [6.45, 7) is 12.2. The van der Waals surface area contributed by atoms with Crippen molar-refractivity contribution in [1.29, 1.82) is 0 Å². The van der Waals surface area contributed by atoms with Crippen molar-refractivity contribution < 1.29 is 0 Å². The SMILES string of the molecule is C#CC(N=C)C(C)(CC)C(C)C. The lowest BCUT2D eigenvalue weighted by atomic mass is 9.71. The minimum atomic E-state index is -0.0532. The van der Waals surface area contributed by atoms with Crippen LogP contribution < -0.4 is 0 Å². The standard InChI is InChI=1S/C11H19N/c1-7-10(12-6)11(5,8-2)9(3)4/h1,9-10H,6,8H2,2-5H3. The van der Waals surface area contributed by atoms with Crippen LogP contribution in [0.15, 0.2) is 4.99 Å². The summed E-state index contributed by atoms with van der Waals surface area (Å²) in [6, 6.07) is -0.0532. The molecule has 12 heavy (non-hydrogen) atoms. The fourth-order valence-electron chi connectivity index (χ4n) is 1.37. The Balaban J connectivity index is 4.73. The van der Waals surface area contributed by atoms with E-state index in [1.807, 2.05) is 0 Å². The van der Waals surface area contributed by atoms with Crippen LogP contribution in [0, 0.1) is 23.7 Å². The number of hydrogen-bond acceptors (Lipinski definition) is 1. The molecule has 2 unspecified atom stereocenters. The molecule has 0 aliphatic carbocycles. The van der Waals surface area contributed by atoms with E-state index in [4.69, 9.17) is 6.42 Å². The maximum absolute atomic E-state index is 5.40. The number of aliphatic imine (C=N–C) groups is 1. The molecule has 0 saturated heterocycles. The van der Waals surface area contributed by atoms with E-state index in [1.54, 1.807) is 0 Å². The molecule has 1 heteroatoms. The summed E-state index contributed by atoms with van der Waals surface area (Å²) in [6.07, 6.45) is 6.44. The molecule has 0 aliphatic heterocycles. The second kappa shape index (κ2) is 4.30. The Kier molecular flexibility index (Phi) is 4.03. The molecule has 0 aromatic heterocycles. The van der Waals surface area contributed by atoms with Crippen molar-refractivity contribution in [2.45, 2.75) is 40.2 Å². The highest BCUT2D eigenvalue weighted by Gasteiger charge is 2.33.